The summed E-state index contributed by atoms with van der Waals surface area (Å²) in [5, 5.41) is 10.1. The maximum absolute atomic E-state index is 10.5. The summed E-state index contributed by atoms with van der Waals surface area (Å²) in [6.45, 7) is 3.76. The monoisotopic (exact) mass is 211 g/mol. The lowest BCUT2D eigenvalue weighted by atomic mass is 10.4. The fourth-order valence-corrected chi connectivity index (χ4v) is 1.15. The van der Waals surface area contributed by atoms with E-state index in [1.807, 2.05) is 7.05 Å². The first-order valence-corrected chi connectivity index (χ1v) is 4.98. The van der Waals surface area contributed by atoms with Crippen molar-refractivity contribution < 1.29 is 4.79 Å². The van der Waals surface area contributed by atoms with Crippen molar-refractivity contribution in [3.05, 3.63) is 12.2 Å². The quantitative estimate of drug-likeness (QED) is 0.597. The molecule has 6 nitrogen and oxygen atoms in total. The number of rotatable bonds is 6. The second-order valence-electron chi connectivity index (χ2n) is 3.32. The minimum atomic E-state index is 0.00296. The van der Waals surface area contributed by atoms with Crippen molar-refractivity contribution in [3.63, 3.8) is 0 Å². The number of hydrogen-bond acceptors (Lipinski definition) is 4. The zero-order chi connectivity index (χ0) is 11.1. The van der Waals surface area contributed by atoms with Crippen molar-refractivity contribution in [3.8, 4) is 0 Å². The molecule has 2 N–H and O–H groups in total. The molecule has 0 aliphatic heterocycles. The van der Waals surface area contributed by atoms with E-state index in [0.29, 0.717) is 6.54 Å². The van der Waals surface area contributed by atoms with E-state index in [1.54, 1.807) is 11.0 Å². The lowest BCUT2D eigenvalue weighted by molar-refractivity contribution is -0.118. The highest BCUT2D eigenvalue weighted by Gasteiger charge is 1.97. The van der Waals surface area contributed by atoms with Crippen LogP contribution in [-0.2, 0) is 18.3 Å². The molecule has 0 atom stereocenters. The average molecular weight is 211 g/mol. The van der Waals surface area contributed by atoms with Gasteiger partial charge in [-0.25, -0.2) is 4.98 Å². The summed E-state index contributed by atoms with van der Waals surface area (Å²) in [6, 6.07) is 0. The number of hydrogen-bond donors (Lipinski definition) is 2. The molecular formula is C9H17N5O. The lowest BCUT2D eigenvalue weighted by Gasteiger charge is -2.03. The lowest BCUT2D eigenvalue weighted by Crippen LogP contribution is -2.31. The van der Waals surface area contributed by atoms with Gasteiger partial charge in [0, 0.05) is 40.0 Å². The Morgan fingerprint density at radius 3 is 2.87 bits per heavy atom. The van der Waals surface area contributed by atoms with Crippen molar-refractivity contribution in [1.82, 2.24) is 25.4 Å². The van der Waals surface area contributed by atoms with Crippen LogP contribution < -0.4 is 10.6 Å². The van der Waals surface area contributed by atoms with Gasteiger partial charge in [0.15, 0.2) is 5.82 Å². The molecule has 1 heterocycles. The SMILES string of the molecule is CC(=O)NCCNCCc1ncn(C)n1. The molecule has 0 bridgehead atoms. The van der Waals surface area contributed by atoms with Crippen molar-refractivity contribution in [1.29, 1.82) is 0 Å². The van der Waals surface area contributed by atoms with Crippen LogP contribution in [0.2, 0.25) is 0 Å². The largest absolute Gasteiger partial charge is 0.355 e. The zero-order valence-corrected chi connectivity index (χ0v) is 9.16. The zero-order valence-electron chi connectivity index (χ0n) is 9.16. The van der Waals surface area contributed by atoms with Crippen LogP contribution in [0.15, 0.2) is 6.33 Å². The Bertz CT molecular complexity index is 309. The second-order valence-corrected chi connectivity index (χ2v) is 3.32. The molecule has 1 rings (SSSR count). The van der Waals surface area contributed by atoms with Crippen LogP contribution in [0.25, 0.3) is 0 Å². The van der Waals surface area contributed by atoms with Crippen LogP contribution in [0.4, 0.5) is 0 Å². The fourth-order valence-electron chi connectivity index (χ4n) is 1.15. The minimum Gasteiger partial charge on any atom is -0.355 e. The molecule has 0 unspecified atom stereocenters. The molecule has 1 aromatic heterocycles. The molecule has 0 fully saturated rings. The molecule has 0 aromatic carbocycles. The average Bonchev–Trinajstić information content (AvgIpc) is 2.57. The minimum absolute atomic E-state index is 0.00296. The van der Waals surface area contributed by atoms with Crippen LogP contribution in [0.5, 0.6) is 0 Å². The number of carbonyl (C=O) groups excluding carboxylic acids is 1. The first kappa shape index (κ1) is 11.6. The maximum atomic E-state index is 10.5. The highest BCUT2D eigenvalue weighted by molar-refractivity contribution is 5.72. The Morgan fingerprint density at radius 2 is 2.27 bits per heavy atom. The maximum Gasteiger partial charge on any atom is 0.216 e. The number of carbonyl (C=O) groups is 1. The molecule has 0 aliphatic carbocycles. The summed E-state index contributed by atoms with van der Waals surface area (Å²) >= 11 is 0. The summed E-state index contributed by atoms with van der Waals surface area (Å²) in [6.07, 6.45) is 2.49. The fraction of sp³-hybridized carbons (Fsp3) is 0.667. The molecule has 0 spiro atoms. The third-order valence-electron chi connectivity index (χ3n) is 1.85. The number of amides is 1. The summed E-state index contributed by atoms with van der Waals surface area (Å²) in [7, 11) is 1.85. The molecule has 6 heteroatoms. The predicted octanol–water partition coefficient (Wildman–Crippen LogP) is -0.917. The van der Waals surface area contributed by atoms with Crippen LogP contribution in [0.3, 0.4) is 0 Å². The van der Waals surface area contributed by atoms with E-state index in [2.05, 4.69) is 20.7 Å². The van der Waals surface area contributed by atoms with E-state index in [-0.39, 0.29) is 5.91 Å². The Labute approximate surface area is 89.1 Å². The molecule has 1 aromatic rings. The highest BCUT2D eigenvalue weighted by atomic mass is 16.1. The van der Waals surface area contributed by atoms with E-state index in [0.717, 1.165) is 25.3 Å². The van der Waals surface area contributed by atoms with Gasteiger partial charge in [-0.05, 0) is 0 Å². The Hall–Kier alpha value is -1.43. The van der Waals surface area contributed by atoms with Crippen molar-refractivity contribution in [2.24, 2.45) is 7.05 Å². The molecule has 1 amide bonds. The van der Waals surface area contributed by atoms with E-state index >= 15 is 0 Å². The van der Waals surface area contributed by atoms with Crippen molar-refractivity contribution in [2.45, 2.75) is 13.3 Å². The van der Waals surface area contributed by atoms with E-state index in [1.165, 1.54) is 6.92 Å². The van der Waals surface area contributed by atoms with Gasteiger partial charge in [0.25, 0.3) is 0 Å². The molecule has 0 saturated heterocycles. The predicted molar refractivity (Wildman–Crippen MR) is 56.3 cm³/mol. The van der Waals surface area contributed by atoms with Gasteiger partial charge in [-0.2, -0.15) is 5.10 Å². The molecular weight excluding hydrogens is 194 g/mol. The Kier molecular flexibility index (Phi) is 4.76. The van der Waals surface area contributed by atoms with Gasteiger partial charge in [-0.1, -0.05) is 0 Å². The summed E-state index contributed by atoms with van der Waals surface area (Å²) in [5.74, 6) is 0.840. The molecule has 0 radical (unpaired) electrons. The summed E-state index contributed by atoms with van der Waals surface area (Å²) < 4.78 is 1.69. The third kappa shape index (κ3) is 5.11. The topological polar surface area (TPSA) is 71.8 Å². The molecule has 84 valence electrons. The number of nitrogens with zero attached hydrogens (tertiary/aromatic N) is 3. The van der Waals surface area contributed by atoms with Crippen molar-refractivity contribution >= 4 is 5.91 Å². The van der Waals surface area contributed by atoms with Crippen LogP contribution in [0.1, 0.15) is 12.7 Å². The molecule has 0 saturated carbocycles. The van der Waals surface area contributed by atoms with Gasteiger partial charge in [-0.15, -0.1) is 0 Å². The molecule has 0 aliphatic rings. The first-order chi connectivity index (χ1) is 7.18. The van der Waals surface area contributed by atoms with Crippen LogP contribution in [0, 0.1) is 0 Å². The van der Waals surface area contributed by atoms with Gasteiger partial charge in [-0.3, -0.25) is 9.48 Å². The van der Waals surface area contributed by atoms with E-state index < -0.39 is 0 Å². The van der Waals surface area contributed by atoms with Gasteiger partial charge >= 0.3 is 0 Å². The normalized spacial score (nSPS) is 10.3. The number of nitrogens with one attached hydrogen (secondary N) is 2. The Morgan fingerprint density at radius 1 is 1.47 bits per heavy atom. The molecule has 15 heavy (non-hydrogen) atoms. The van der Waals surface area contributed by atoms with Crippen molar-refractivity contribution in [2.75, 3.05) is 19.6 Å². The Balaban J connectivity index is 2.00. The van der Waals surface area contributed by atoms with Gasteiger partial charge in [0.05, 0.1) is 0 Å². The smallest absolute Gasteiger partial charge is 0.216 e. The first-order valence-electron chi connectivity index (χ1n) is 4.98. The van der Waals surface area contributed by atoms with Gasteiger partial charge in [0.2, 0.25) is 5.91 Å². The number of aryl methyl sites for hydroxylation is 1. The third-order valence-corrected chi connectivity index (χ3v) is 1.85. The van der Waals surface area contributed by atoms with Gasteiger partial charge < -0.3 is 10.6 Å². The second kappa shape index (κ2) is 6.13. The summed E-state index contributed by atoms with van der Waals surface area (Å²) in [5.41, 5.74) is 0. The standard InChI is InChI=1S/C9H17N5O/c1-8(15)11-6-5-10-4-3-9-12-7-14(2)13-9/h7,10H,3-6H2,1-2H3,(H,11,15). The van der Waals surface area contributed by atoms with Crippen LogP contribution >= 0.6 is 0 Å². The van der Waals surface area contributed by atoms with E-state index in [4.69, 9.17) is 0 Å². The van der Waals surface area contributed by atoms with Crippen LogP contribution in [-0.4, -0.2) is 40.3 Å². The van der Waals surface area contributed by atoms with E-state index in [9.17, 15) is 4.79 Å². The van der Waals surface area contributed by atoms with Gasteiger partial charge in [0.1, 0.15) is 6.33 Å². The number of aromatic nitrogens is 3. The summed E-state index contributed by atoms with van der Waals surface area (Å²) in [4.78, 5) is 14.6. The highest BCUT2D eigenvalue weighted by Crippen LogP contribution is 1.87.